The molecular formula is C26H36N2O2S2. The van der Waals surface area contributed by atoms with Crippen LogP contribution in [0, 0.1) is 0 Å². The minimum Gasteiger partial charge on any atom is -0.352 e. The Balaban J connectivity index is 1.42. The Bertz CT molecular complexity index is 738. The van der Waals surface area contributed by atoms with E-state index >= 15 is 0 Å². The molecule has 2 N–H and O–H groups in total. The minimum atomic E-state index is 0.124. The van der Waals surface area contributed by atoms with Crippen LogP contribution in [0.1, 0.15) is 62.5 Å². The summed E-state index contributed by atoms with van der Waals surface area (Å²) in [5.74, 6) is 0.248. The van der Waals surface area contributed by atoms with E-state index in [0.29, 0.717) is 25.9 Å². The van der Waals surface area contributed by atoms with Crippen molar-refractivity contribution in [3.05, 3.63) is 59.7 Å². The predicted octanol–water partition coefficient (Wildman–Crippen LogP) is 6.18. The highest BCUT2D eigenvalue weighted by Gasteiger charge is 2.03. The summed E-state index contributed by atoms with van der Waals surface area (Å²) in [7, 11) is 0. The standard InChI is InChI=1S/C26H36N2O2S2/c1-31-23-15-11-21(12-16-23)19-27-25(29)9-7-5-3-4-6-8-10-26(30)28-20-22-13-17-24(32-2)18-14-22/h11-18H,3-10,19-20H2,1-2H3,(H,27,29)(H,28,30). The molecule has 0 aromatic heterocycles. The maximum Gasteiger partial charge on any atom is 0.220 e. The van der Waals surface area contributed by atoms with E-state index in [9.17, 15) is 9.59 Å². The molecule has 0 unspecified atom stereocenters. The average molecular weight is 473 g/mol. The Morgan fingerprint density at radius 2 is 0.938 bits per heavy atom. The largest absolute Gasteiger partial charge is 0.352 e. The van der Waals surface area contributed by atoms with Gasteiger partial charge in [0.1, 0.15) is 0 Å². The van der Waals surface area contributed by atoms with E-state index in [1.165, 1.54) is 9.79 Å². The number of thioether (sulfide) groups is 2. The predicted molar refractivity (Wildman–Crippen MR) is 137 cm³/mol. The SMILES string of the molecule is CSc1ccc(CNC(=O)CCCCCCCCC(=O)NCc2ccc(SC)cc2)cc1. The molecule has 2 aromatic carbocycles. The smallest absolute Gasteiger partial charge is 0.220 e. The van der Waals surface area contributed by atoms with Gasteiger partial charge in [-0.15, -0.1) is 23.5 Å². The molecule has 0 saturated carbocycles. The summed E-state index contributed by atoms with van der Waals surface area (Å²) in [5.41, 5.74) is 2.27. The summed E-state index contributed by atoms with van der Waals surface area (Å²) in [6.07, 6.45) is 11.5. The first kappa shape index (κ1) is 26.3. The molecule has 0 aliphatic heterocycles. The van der Waals surface area contributed by atoms with E-state index in [1.54, 1.807) is 23.5 Å². The highest BCUT2D eigenvalue weighted by molar-refractivity contribution is 7.98. The highest BCUT2D eigenvalue weighted by Crippen LogP contribution is 2.16. The highest BCUT2D eigenvalue weighted by atomic mass is 32.2. The van der Waals surface area contributed by atoms with E-state index in [2.05, 4.69) is 71.7 Å². The molecule has 2 aromatic rings. The van der Waals surface area contributed by atoms with Crippen LogP contribution in [0.15, 0.2) is 58.3 Å². The number of hydrogen-bond donors (Lipinski definition) is 2. The molecular weight excluding hydrogens is 436 g/mol. The van der Waals surface area contributed by atoms with Crippen LogP contribution < -0.4 is 10.6 Å². The Labute approximate surface area is 201 Å². The number of hydrogen-bond acceptors (Lipinski definition) is 4. The second-order valence-corrected chi connectivity index (χ2v) is 9.63. The molecule has 0 aliphatic carbocycles. The monoisotopic (exact) mass is 472 g/mol. The maximum atomic E-state index is 12.0. The number of nitrogens with one attached hydrogen (secondary N) is 2. The van der Waals surface area contributed by atoms with Crippen LogP contribution in [0.5, 0.6) is 0 Å². The summed E-state index contributed by atoms with van der Waals surface area (Å²) in [5, 5.41) is 6.00. The lowest BCUT2D eigenvalue weighted by molar-refractivity contribution is -0.122. The van der Waals surface area contributed by atoms with Crippen LogP contribution in [-0.2, 0) is 22.7 Å². The third-order valence-corrected chi connectivity index (χ3v) is 6.84. The van der Waals surface area contributed by atoms with E-state index in [4.69, 9.17) is 0 Å². The zero-order valence-electron chi connectivity index (χ0n) is 19.3. The number of carbonyl (C=O) groups is 2. The molecule has 0 heterocycles. The van der Waals surface area contributed by atoms with Gasteiger partial charge in [-0.25, -0.2) is 0 Å². The number of benzene rings is 2. The first-order valence-corrected chi connectivity index (χ1v) is 13.8. The molecule has 0 radical (unpaired) electrons. The third-order valence-electron chi connectivity index (χ3n) is 5.36. The molecule has 174 valence electrons. The number of unbranched alkanes of at least 4 members (excludes halogenated alkanes) is 5. The van der Waals surface area contributed by atoms with Gasteiger partial charge in [0.15, 0.2) is 0 Å². The summed E-state index contributed by atoms with van der Waals surface area (Å²) in [6.45, 7) is 1.19. The fourth-order valence-corrected chi connectivity index (χ4v) is 4.16. The molecule has 2 rings (SSSR count). The van der Waals surface area contributed by atoms with E-state index < -0.39 is 0 Å². The van der Waals surface area contributed by atoms with E-state index in [0.717, 1.165) is 49.7 Å². The number of amides is 2. The van der Waals surface area contributed by atoms with Crippen molar-refractivity contribution in [1.29, 1.82) is 0 Å². The third kappa shape index (κ3) is 11.1. The van der Waals surface area contributed by atoms with Crippen molar-refractivity contribution < 1.29 is 9.59 Å². The zero-order chi connectivity index (χ0) is 23.0. The van der Waals surface area contributed by atoms with Crippen molar-refractivity contribution in [2.45, 2.75) is 74.2 Å². The molecule has 0 saturated heterocycles. The summed E-state index contributed by atoms with van der Waals surface area (Å²) in [6, 6.07) is 16.6. The van der Waals surface area contributed by atoms with Crippen molar-refractivity contribution in [3.63, 3.8) is 0 Å². The quantitative estimate of drug-likeness (QED) is 0.240. The van der Waals surface area contributed by atoms with Gasteiger partial charge in [-0.3, -0.25) is 9.59 Å². The molecule has 0 atom stereocenters. The first-order chi connectivity index (χ1) is 15.6. The van der Waals surface area contributed by atoms with Gasteiger partial charge in [-0.05, 0) is 60.7 Å². The van der Waals surface area contributed by atoms with Crippen LogP contribution in [0.3, 0.4) is 0 Å². The van der Waals surface area contributed by atoms with Gasteiger partial charge in [-0.1, -0.05) is 49.9 Å². The van der Waals surface area contributed by atoms with E-state index in [1.807, 2.05) is 0 Å². The Kier molecular flexibility index (Phi) is 13.0. The van der Waals surface area contributed by atoms with Crippen LogP contribution in [0.4, 0.5) is 0 Å². The lowest BCUT2D eigenvalue weighted by atomic mass is 10.1. The topological polar surface area (TPSA) is 58.2 Å². The molecule has 32 heavy (non-hydrogen) atoms. The Morgan fingerprint density at radius 3 is 1.28 bits per heavy atom. The number of carbonyl (C=O) groups excluding carboxylic acids is 2. The van der Waals surface area contributed by atoms with Crippen LogP contribution in [-0.4, -0.2) is 24.3 Å². The minimum absolute atomic E-state index is 0.124. The fraction of sp³-hybridized carbons (Fsp3) is 0.462. The van der Waals surface area contributed by atoms with Gasteiger partial charge >= 0.3 is 0 Å². The van der Waals surface area contributed by atoms with Crippen LogP contribution >= 0.6 is 23.5 Å². The Hall–Kier alpha value is -1.92. The maximum absolute atomic E-state index is 12.0. The molecule has 2 amide bonds. The average Bonchev–Trinajstić information content (AvgIpc) is 2.83. The summed E-state index contributed by atoms with van der Waals surface area (Å²) in [4.78, 5) is 26.4. The molecule has 4 nitrogen and oxygen atoms in total. The molecule has 0 spiro atoms. The summed E-state index contributed by atoms with van der Waals surface area (Å²) >= 11 is 3.44. The zero-order valence-corrected chi connectivity index (χ0v) is 21.0. The summed E-state index contributed by atoms with van der Waals surface area (Å²) < 4.78 is 0. The van der Waals surface area contributed by atoms with Crippen molar-refractivity contribution >= 4 is 35.3 Å². The van der Waals surface area contributed by atoms with Gasteiger partial charge in [0, 0.05) is 35.7 Å². The van der Waals surface area contributed by atoms with Gasteiger partial charge < -0.3 is 10.6 Å². The van der Waals surface area contributed by atoms with E-state index in [-0.39, 0.29) is 11.8 Å². The van der Waals surface area contributed by atoms with Crippen LogP contribution in [0.25, 0.3) is 0 Å². The lowest BCUT2D eigenvalue weighted by Gasteiger charge is -2.07. The fourth-order valence-electron chi connectivity index (χ4n) is 3.34. The second kappa shape index (κ2) is 15.8. The van der Waals surface area contributed by atoms with Gasteiger partial charge in [-0.2, -0.15) is 0 Å². The van der Waals surface area contributed by atoms with Gasteiger partial charge in [0.05, 0.1) is 0 Å². The van der Waals surface area contributed by atoms with Crippen LogP contribution in [0.2, 0.25) is 0 Å². The molecule has 0 aliphatic rings. The molecule has 0 bridgehead atoms. The van der Waals surface area contributed by atoms with Crippen molar-refractivity contribution in [2.75, 3.05) is 12.5 Å². The second-order valence-electron chi connectivity index (χ2n) is 7.87. The Morgan fingerprint density at radius 1 is 0.594 bits per heavy atom. The first-order valence-electron chi connectivity index (χ1n) is 11.4. The lowest BCUT2D eigenvalue weighted by Crippen LogP contribution is -2.22. The molecule has 6 heteroatoms. The normalized spacial score (nSPS) is 10.7. The number of rotatable bonds is 15. The van der Waals surface area contributed by atoms with Gasteiger partial charge in [0.2, 0.25) is 11.8 Å². The molecule has 0 fully saturated rings. The van der Waals surface area contributed by atoms with Gasteiger partial charge in [0.25, 0.3) is 0 Å². The van der Waals surface area contributed by atoms with Crippen molar-refractivity contribution in [1.82, 2.24) is 10.6 Å². The van der Waals surface area contributed by atoms with Crippen molar-refractivity contribution in [3.8, 4) is 0 Å². The van der Waals surface area contributed by atoms with Crippen molar-refractivity contribution in [2.24, 2.45) is 0 Å².